The second-order valence-corrected chi connectivity index (χ2v) is 5.01. The molecule has 1 atom stereocenters. The van der Waals surface area contributed by atoms with Crippen LogP contribution in [0.25, 0.3) is 0 Å². The van der Waals surface area contributed by atoms with Gasteiger partial charge in [0.2, 0.25) is 5.91 Å². The van der Waals surface area contributed by atoms with Gasteiger partial charge in [-0.3, -0.25) is 10.1 Å². The minimum Gasteiger partial charge on any atom is -0.351 e. The summed E-state index contributed by atoms with van der Waals surface area (Å²) in [7, 11) is 0. The molecule has 1 aromatic rings. The second-order valence-electron chi connectivity index (χ2n) is 5.01. The molecule has 0 aromatic heterocycles. The summed E-state index contributed by atoms with van der Waals surface area (Å²) < 4.78 is 77.1. The predicted octanol–water partition coefficient (Wildman–Crippen LogP) is 2.88. The lowest BCUT2D eigenvalue weighted by molar-refractivity contribution is -0.138. The van der Waals surface area contributed by atoms with Crippen LogP contribution in [-0.4, -0.2) is 24.4 Å². The maximum absolute atomic E-state index is 12.9. The maximum Gasteiger partial charge on any atom is 0.416 e. The van der Waals surface area contributed by atoms with Crippen LogP contribution in [-0.2, 0) is 17.5 Å². The molecule has 1 aliphatic rings. The van der Waals surface area contributed by atoms with Crippen molar-refractivity contribution in [2.75, 3.05) is 6.54 Å². The van der Waals surface area contributed by atoms with Gasteiger partial charge in [0.1, 0.15) is 5.82 Å². The van der Waals surface area contributed by atoms with Crippen LogP contribution in [0, 0.1) is 5.82 Å². The van der Waals surface area contributed by atoms with E-state index in [4.69, 9.17) is 0 Å². The Labute approximate surface area is 133 Å². The minimum absolute atomic E-state index is 0. The Bertz CT molecular complexity index is 578. The number of amides is 1. The monoisotopic (exact) mass is 362 g/mol. The number of nitrogens with one attached hydrogen (secondary N) is 2. The normalized spacial score (nSPS) is 20.0. The van der Waals surface area contributed by atoms with E-state index >= 15 is 0 Å². The predicted molar refractivity (Wildman–Crippen MR) is 71.9 cm³/mol. The van der Waals surface area contributed by atoms with Crippen molar-refractivity contribution < 1.29 is 31.1 Å². The van der Waals surface area contributed by atoms with Crippen LogP contribution in [0.15, 0.2) is 18.2 Å². The molecule has 1 fully saturated rings. The summed E-state index contributed by atoms with van der Waals surface area (Å²) >= 11 is 0. The van der Waals surface area contributed by atoms with Gasteiger partial charge in [-0.05, 0) is 17.7 Å². The van der Waals surface area contributed by atoms with E-state index in [-0.39, 0.29) is 18.0 Å². The minimum atomic E-state index is -4.78. The average molecular weight is 363 g/mol. The summed E-state index contributed by atoms with van der Waals surface area (Å²) in [6.07, 6.45) is -5.49. The van der Waals surface area contributed by atoms with Gasteiger partial charge in [0.15, 0.2) is 0 Å². The molecular weight excluding hydrogens is 350 g/mol. The number of halogens is 7. The first kappa shape index (κ1) is 19.6. The SMILES string of the molecule is Cl.O=C(NCc1ccc(F)cc1C(F)(F)F)C1CC(F)(F)CN1. The van der Waals surface area contributed by atoms with Crippen molar-refractivity contribution in [2.45, 2.75) is 31.1 Å². The fourth-order valence-corrected chi connectivity index (χ4v) is 2.17. The summed E-state index contributed by atoms with van der Waals surface area (Å²) in [6.45, 7) is -1.19. The zero-order chi connectivity index (χ0) is 16.5. The number of carbonyl (C=O) groups is 1. The highest BCUT2D eigenvalue weighted by Gasteiger charge is 2.42. The molecule has 2 N–H and O–H groups in total. The molecule has 1 aliphatic heterocycles. The van der Waals surface area contributed by atoms with Crippen molar-refractivity contribution in [1.29, 1.82) is 0 Å². The van der Waals surface area contributed by atoms with Gasteiger partial charge < -0.3 is 5.32 Å². The fourth-order valence-electron chi connectivity index (χ4n) is 2.17. The molecule has 1 aromatic carbocycles. The van der Waals surface area contributed by atoms with Crippen molar-refractivity contribution in [3.05, 3.63) is 35.1 Å². The zero-order valence-corrected chi connectivity index (χ0v) is 12.3. The van der Waals surface area contributed by atoms with Gasteiger partial charge in [-0.2, -0.15) is 13.2 Å². The topological polar surface area (TPSA) is 41.1 Å². The third kappa shape index (κ3) is 5.00. The Morgan fingerprint density at radius 1 is 1.35 bits per heavy atom. The summed E-state index contributed by atoms with van der Waals surface area (Å²) in [5.41, 5.74) is -1.55. The summed E-state index contributed by atoms with van der Waals surface area (Å²) in [6, 6.07) is 0.891. The van der Waals surface area contributed by atoms with Crippen LogP contribution in [0.4, 0.5) is 26.3 Å². The number of hydrogen-bond acceptors (Lipinski definition) is 2. The van der Waals surface area contributed by atoms with Gasteiger partial charge in [-0.15, -0.1) is 12.4 Å². The smallest absolute Gasteiger partial charge is 0.351 e. The molecule has 1 heterocycles. The fraction of sp³-hybridized carbons (Fsp3) is 0.462. The second kappa shape index (κ2) is 6.96. The largest absolute Gasteiger partial charge is 0.416 e. The van der Waals surface area contributed by atoms with E-state index in [2.05, 4.69) is 10.6 Å². The molecule has 0 saturated carbocycles. The Kier molecular flexibility index (Phi) is 5.92. The average Bonchev–Trinajstić information content (AvgIpc) is 2.76. The van der Waals surface area contributed by atoms with E-state index in [0.717, 1.165) is 12.1 Å². The Balaban J connectivity index is 0.00000264. The molecule has 0 aliphatic carbocycles. The molecule has 0 bridgehead atoms. The van der Waals surface area contributed by atoms with E-state index < -0.39 is 54.9 Å². The van der Waals surface area contributed by atoms with Crippen LogP contribution < -0.4 is 10.6 Å². The van der Waals surface area contributed by atoms with Gasteiger partial charge in [0.05, 0.1) is 18.2 Å². The van der Waals surface area contributed by atoms with E-state index in [1.54, 1.807) is 0 Å². The highest BCUT2D eigenvalue weighted by Crippen LogP contribution is 2.32. The molecule has 2 rings (SSSR count). The molecule has 130 valence electrons. The van der Waals surface area contributed by atoms with E-state index in [9.17, 15) is 31.1 Å². The molecule has 0 spiro atoms. The van der Waals surface area contributed by atoms with Crippen molar-refractivity contribution in [1.82, 2.24) is 10.6 Å². The van der Waals surface area contributed by atoms with E-state index in [1.165, 1.54) is 0 Å². The molecule has 0 radical (unpaired) electrons. The molecule has 1 unspecified atom stereocenters. The number of rotatable bonds is 3. The number of benzene rings is 1. The van der Waals surface area contributed by atoms with Crippen LogP contribution in [0.3, 0.4) is 0 Å². The first-order valence-electron chi connectivity index (χ1n) is 6.33. The molecule has 3 nitrogen and oxygen atoms in total. The van der Waals surface area contributed by atoms with E-state index in [1.807, 2.05) is 0 Å². The van der Waals surface area contributed by atoms with Gasteiger partial charge in [0, 0.05) is 13.0 Å². The lowest BCUT2D eigenvalue weighted by atomic mass is 10.1. The molecular formula is C13H13ClF6N2O. The highest BCUT2D eigenvalue weighted by molar-refractivity contribution is 5.85. The van der Waals surface area contributed by atoms with Gasteiger partial charge in [-0.1, -0.05) is 6.07 Å². The van der Waals surface area contributed by atoms with E-state index in [0.29, 0.717) is 6.07 Å². The van der Waals surface area contributed by atoms with Crippen molar-refractivity contribution in [3.63, 3.8) is 0 Å². The number of carbonyl (C=O) groups excluding carboxylic acids is 1. The Morgan fingerprint density at radius 2 is 2.00 bits per heavy atom. The molecule has 1 saturated heterocycles. The first-order valence-corrected chi connectivity index (χ1v) is 6.33. The third-order valence-electron chi connectivity index (χ3n) is 3.26. The quantitative estimate of drug-likeness (QED) is 0.812. The lowest BCUT2D eigenvalue weighted by Crippen LogP contribution is -2.40. The summed E-state index contributed by atoms with van der Waals surface area (Å²) in [5, 5.41) is 4.45. The number of hydrogen-bond donors (Lipinski definition) is 2. The third-order valence-corrected chi connectivity index (χ3v) is 3.26. The zero-order valence-electron chi connectivity index (χ0n) is 11.5. The lowest BCUT2D eigenvalue weighted by Gasteiger charge is -2.15. The van der Waals surface area contributed by atoms with Crippen LogP contribution >= 0.6 is 12.4 Å². The van der Waals surface area contributed by atoms with Crippen LogP contribution in [0.2, 0.25) is 0 Å². The van der Waals surface area contributed by atoms with Gasteiger partial charge in [-0.25, -0.2) is 13.2 Å². The van der Waals surface area contributed by atoms with Crippen LogP contribution in [0.1, 0.15) is 17.5 Å². The van der Waals surface area contributed by atoms with Gasteiger partial charge >= 0.3 is 6.18 Å². The first-order chi connectivity index (χ1) is 10.1. The highest BCUT2D eigenvalue weighted by atomic mass is 35.5. The summed E-state index contributed by atoms with van der Waals surface area (Å²) in [5.74, 6) is -4.90. The van der Waals surface area contributed by atoms with Crippen molar-refractivity contribution in [3.8, 4) is 0 Å². The number of alkyl halides is 5. The van der Waals surface area contributed by atoms with Crippen LogP contribution in [0.5, 0.6) is 0 Å². The molecule has 10 heteroatoms. The van der Waals surface area contributed by atoms with Gasteiger partial charge in [0.25, 0.3) is 5.92 Å². The maximum atomic E-state index is 12.9. The molecule has 23 heavy (non-hydrogen) atoms. The Morgan fingerprint density at radius 3 is 2.52 bits per heavy atom. The standard InChI is InChI=1S/C13H12F6N2O.ClH/c14-8-2-1-7(9(3-8)13(17,18)19)5-20-11(22)10-4-12(15,16)6-21-10;/h1-3,10,21H,4-6H2,(H,20,22);1H. The summed E-state index contributed by atoms with van der Waals surface area (Å²) in [4.78, 5) is 11.7. The molecule has 1 amide bonds. The van der Waals surface area contributed by atoms with Crippen molar-refractivity contribution in [2.24, 2.45) is 0 Å². The van der Waals surface area contributed by atoms with Crippen molar-refractivity contribution >= 4 is 18.3 Å². The Hall–Kier alpha value is -1.48.